The maximum atomic E-state index is 11.9. The molecule has 5 heteroatoms. The van der Waals surface area contributed by atoms with Crippen LogP contribution in [-0.4, -0.2) is 28.5 Å². The molecule has 0 saturated heterocycles. The maximum absolute atomic E-state index is 11.9. The zero-order valence-electron chi connectivity index (χ0n) is 12.2. The second kappa shape index (κ2) is 7.82. The standard InChI is InChI=1S/C15H24N4O/c1-2-10-16-14(20)13-9-11-17-15(19-13)18-12-7-5-3-4-6-8-12/h9,11-12H,2-8,10H2,1H3,(H,16,20)(H,17,18,19). The first-order chi connectivity index (χ1) is 9.79. The van der Waals surface area contributed by atoms with Crippen molar-refractivity contribution in [3.63, 3.8) is 0 Å². The van der Waals surface area contributed by atoms with Crippen molar-refractivity contribution in [2.45, 2.75) is 57.9 Å². The van der Waals surface area contributed by atoms with E-state index in [9.17, 15) is 4.79 Å². The molecule has 1 heterocycles. The van der Waals surface area contributed by atoms with E-state index >= 15 is 0 Å². The van der Waals surface area contributed by atoms with E-state index < -0.39 is 0 Å². The molecule has 2 N–H and O–H groups in total. The Labute approximate surface area is 120 Å². The van der Waals surface area contributed by atoms with Crippen LogP contribution in [-0.2, 0) is 0 Å². The zero-order valence-corrected chi connectivity index (χ0v) is 12.2. The van der Waals surface area contributed by atoms with Gasteiger partial charge < -0.3 is 10.6 Å². The minimum absolute atomic E-state index is 0.127. The summed E-state index contributed by atoms with van der Waals surface area (Å²) in [6.45, 7) is 2.70. The van der Waals surface area contributed by atoms with Crippen LogP contribution >= 0.6 is 0 Å². The Morgan fingerprint density at radius 2 is 2.05 bits per heavy atom. The molecule has 1 aliphatic carbocycles. The predicted octanol–water partition coefficient (Wildman–Crippen LogP) is 2.75. The molecule has 1 aromatic heterocycles. The van der Waals surface area contributed by atoms with E-state index in [2.05, 4.69) is 20.6 Å². The molecule has 110 valence electrons. The lowest BCUT2D eigenvalue weighted by Gasteiger charge is -2.16. The lowest BCUT2D eigenvalue weighted by atomic mass is 10.1. The summed E-state index contributed by atoms with van der Waals surface area (Å²) in [5, 5.41) is 6.20. The van der Waals surface area contributed by atoms with Crippen LogP contribution in [0, 0.1) is 0 Å². The highest BCUT2D eigenvalue weighted by Crippen LogP contribution is 2.19. The Hall–Kier alpha value is -1.65. The van der Waals surface area contributed by atoms with Gasteiger partial charge in [-0.3, -0.25) is 4.79 Å². The molecule has 0 radical (unpaired) electrons. The van der Waals surface area contributed by atoms with Gasteiger partial charge in [0.1, 0.15) is 5.69 Å². The third-order valence-corrected chi connectivity index (χ3v) is 3.61. The molecular weight excluding hydrogens is 252 g/mol. The average molecular weight is 276 g/mol. The number of hydrogen-bond donors (Lipinski definition) is 2. The molecular formula is C15H24N4O. The van der Waals surface area contributed by atoms with Gasteiger partial charge in [0, 0.05) is 18.8 Å². The zero-order chi connectivity index (χ0) is 14.2. The molecule has 2 rings (SSSR count). The minimum Gasteiger partial charge on any atom is -0.351 e. The van der Waals surface area contributed by atoms with Crippen molar-refractivity contribution in [2.75, 3.05) is 11.9 Å². The first-order valence-corrected chi connectivity index (χ1v) is 7.67. The molecule has 1 aromatic rings. The fourth-order valence-corrected chi connectivity index (χ4v) is 2.49. The van der Waals surface area contributed by atoms with Crippen molar-refractivity contribution in [3.8, 4) is 0 Å². The normalized spacial score (nSPS) is 16.4. The molecule has 1 aliphatic rings. The van der Waals surface area contributed by atoms with Crippen molar-refractivity contribution in [1.82, 2.24) is 15.3 Å². The van der Waals surface area contributed by atoms with Crippen molar-refractivity contribution in [3.05, 3.63) is 18.0 Å². The highest BCUT2D eigenvalue weighted by Gasteiger charge is 2.14. The van der Waals surface area contributed by atoms with E-state index in [1.807, 2.05) is 6.92 Å². The van der Waals surface area contributed by atoms with E-state index in [0.29, 0.717) is 24.2 Å². The number of hydrogen-bond acceptors (Lipinski definition) is 4. The summed E-state index contributed by atoms with van der Waals surface area (Å²) in [6.07, 6.45) is 10.0. The third-order valence-electron chi connectivity index (χ3n) is 3.61. The highest BCUT2D eigenvalue weighted by atomic mass is 16.1. The van der Waals surface area contributed by atoms with Gasteiger partial charge in [-0.05, 0) is 25.3 Å². The second-order valence-corrected chi connectivity index (χ2v) is 5.35. The summed E-state index contributed by atoms with van der Waals surface area (Å²) < 4.78 is 0. The van der Waals surface area contributed by atoms with Gasteiger partial charge in [0.2, 0.25) is 5.95 Å². The van der Waals surface area contributed by atoms with Gasteiger partial charge in [-0.2, -0.15) is 0 Å². The van der Waals surface area contributed by atoms with Gasteiger partial charge >= 0.3 is 0 Å². The van der Waals surface area contributed by atoms with Crippen LogP contribution in [0.1, 0.15) is 62.4 Å². The van der Waals surface area contributed by atoms with E-state index in [4.69, 9.17) is 0 Å². The fourth-order valence-electron chi connectivity index (χ4n) is 2.49. The summed E-state index contributed by atoms with van der Waals surface area (Å²) in [6, 6.07) is 2.09. The van der Waals surface area contributed by atoms with Crippen LogP contribution in [0.15, 0.2) is 12.3 Å². The predicted molar refractivity (Wildman–Crippen MR) is 79.8 cm³/mol. The Morgan fingerprint density at radius 1 is 1.30 bits per heavy atom. The van der Waals surface area contributed by atoms with Crippen molar-refractivity contribution in [2.24, 2.45) is 0 Å². The number of carbonyl (C=O) groups is 1. The Bertz CT molecular complexity index is 428. The Kier molecular flexibility index (Phi) is 5.77. The van der Waals surface area contributed by atoms with Crippen molar-refractivity contribution < 1.29 is 4.79 Å². The van der Waals surface area contributed by atoms with Crippen LogP contribution in [0.5, 0.6) is 0 Å². The topological polar surface area (TPSA) is 66.9 Å². The van der Waals surface area contributed by atoms with E-state index in [0.717, 1.165) is 19.3 Å². The molecule has 0 aromatic carbocycles. The third kappa shape index (κ3) is 4.47. The first-order valence-electron chi connectivity index (χ1n) is 7.67. The van der Waals surface area contributed by atoms with E-state index in [-0.39, 0.29) is 5.91 Å². The highest BCUT2D eigenvalue weighted by molar-refractivity contribution is 5.92. The molecule has 1 fully saturated rings. The van der Waals surface area contributed by atoms with Crippen LogP contribution < -0.4 is 10.6 Å². The summed E-state index contributed by atoms with van der Waals surface area (Å²) >= 11 is 0. The lowest BCUT2D eigenvalue weighted by Crippen LogP contribution is -2.26. The van der Waals surface area contributed by atoms with Gasteiger partial charge in [0.25, 0.3) is 5.91 Å². The smallest absolute Gasteiger partial charge is 0.270 e. The molecule has 0 bridgehead atoms. The van der Waals surface area contributed by atoms with Crippen LogP contribution in [0.4, 0.5) is 5.95 Å². The molecule has 0 atom stereocenters. The van der Waals surface area contributed by atoms with Crippen molar-refractivity contribution >= 4 is 11.9 Å². The lowest BCUT2D eigenvalue weighted by molar-refractivity contribution is 0.0948. The summed E-state index contributed by atoms with van der Waals surface area (Å²) in [5.41, 5.74) is 0.435. The molecule has 0 aliphatic heterocycles. The first kappa shape index (κ1) is 14.8. The van der Waals surface area contributed by atoms with Gasteiger partial charge in [0.05, 0.1) is 0 Å². The van der Waals surface area contributed by atoms with Gasteiger partial charge in [0.15, 0.2) is 0 Å². The largest absolute Gasteiger partial charge is 0.351 e. The number of carbonyl (C=O) groups excluding carboxylic acids is 1. The summed E-state index contributed by atoms with van der Waals surface area (Å²) in [4.78, 5) is 20.4. The van der Waals surface area contributed by atoms with Crippen molar-refractivity contribution in [1.29, 1.82) is 0 Å². The van der Waals surface area contributed by atoms with Crippen LogP contribution in [0.3, 0.4) is 0 Å². The van der Waals surface area contributed by atoms with Crippen LogP contribution in [0.25, 0.3) is 0 Å². The number of nitrogens with one attached hydrogen (secondary N) is 2. The number of amides is 1. The monoisotopic (exact) mass is 276 g/mol. The number of rotatable bonds is 5. The van der Waals surface area contributed by atoms with Crippen LogP contribution in [0.2, 0.25) is 0 Å². The average Bonchev–Trinajstić information content (AvgIpc) is 2.73. The Morgan fingerprint density at radius 3 is 2.75 bits per heavy atom. The van der Waals surface area contributed by atoms with E-state index in [1.165, 1.54) is 25.7 Å². The van der Waals surface area contributed by atoms with Gasteiger partial charge in [-0.25, -0.2) is 9.97 Å². The maximum Gasteiger partial charge on any atom is 0.270 e. The molecule has 0 unspecified atom stereocenters. The second-order valence-electron chi connectivity index (χ2n) is 5.35. The quantitative estimate of drug-likeness (QED) is 0.811. The molecule has 1 saturated carbocycles. The number of anilines is 1. The van der Waals surface area contributed by atoms with Gasteiger partial charge in [-0.1, -0.05) is 32.6 Å². The fraction of sp³-hybridized carbons (Fsp3) is 0.667. The minimum atomic E-state index is -0.127. The molecule has 20 heavy (non-hydrogen) atoms. The SMILES string of the molecule is CCCNC(=O)c1ccnc(NC2CCCCCC2)n1. The molecule has 5 nitrogen and oxygen atoms in total. The number of aromatic nitrogens is 2. The molecule has 1 amide bonds. The van der Waals surface area contributed by atoms with Gasteiger partial charge in [-0.15, -0.1) is 0 Å². The summed E-state index contributed by atoms with van der Waals surface area (Å²) in [7, 11) is 0. The Balaban J connectivity index is 1.96. The summed E-state index contributed by atoms with van der Waals surface area (Å²) in [5.74, 6) is 0.444. The number of nitrogens with zero attached hydrogens (tertiary/aromatic N) is 2. The molecule has 0 spiro atoms. The van der Waals surface area contributed by atoms with E-state index in [1.54, 1.807) is 12.3 Å².